The van der Waals surface area contributed by atoms with Crippen molar-refractivity contribution in [2.75, 3.05) is 14.2 Å². The molecule has 5 heteroatoms. The van der Waals surface area contributed by atoms with Crippen LogP contribution in [0.3, 0.4) is 0 Å². The van der Waals surface area contributed by atoms with E-state index in [9.17, 15) is 0 Å². The summed E-state index contributed by atoms with van der Waals surface area (Å²) in [7, 11) is -1.97. The second-order valence-electron chi connectivity index (χ2n) is 11.9. The number of methoxy groups -OCH3 is 2. The Balaban J connectivity index is 0.000000356. The van der Waals surface area contributed by atoms with Gasteiger partial charge in [0.05, 0.1) is 0 Å². The minimum absolute atomic E-state index is 0. The zero-order valence-electron chi connectivity index (χ0n) is 26.9. The molecule has 0 atom stereocenters. The second kappa shape index (κ2) is 17.8. The van der Waals surface area contributed by atoms with Crippen LogP contribution in [0.25, 0.3) is 0 Å². The van der Waals surface area contributed by atoms with Gasteiger partial charge in [0.25, 0.3) is 0 Å². The van der Waals surface area contributed by atoms with Crippen molar-refractivity contribution >= 4 is 35.9 Å². The minimum atomic E-state index is -2.67. The summed E-state index contributed by atoms with van der Waals surface area (Å²) in [4.78, 5) is 0. The third kappa shape index (κ3) is 7.16. The molecule has 1 heterocycles. The van der Waals surface area contributed by atoms with E-state index in [-0.39, 0.29) is 26.2 Å². The van der Waals surface area contributed by atoms with E-state index in [1.807, 2.05) is 0 Å². The van der Waals surface area contributed by atoms with Crippen LogP contribution in [0.15, 0.2) is 132 Å². The molecule has 0 N–H and O–H groups in total. The molecule has 2 nitrogen and oxygen atoms in total. The van der Waals surface area contributed by atoms with E-state index in [1.165, 1.54) is 85.0 Å². The van der Waals surface area contributed by atoms with Crippen molar-refractivity contribution in [2.45, 2.75) is 64.2 Å². The Hall–Kier alpha value is -2.72. The predicted molar refractivity (Wildman–Crippen MR) is 190 cm³/mol. The molecule has 3 fully saturated rings. The van der Waals surface area contributed by atoms with Gasteiger partial charge in [-0.2, -0.15) is 12.5 Å². The van der Waals surface area contributed by atoms with Gasteiger partial charge in [0.2, 0.25) is 0 Å². The Bertz CT molecular complexity index is 1260. The minimum Gasteiger partial charge on any atom is -0.615 e. The van der Waals surface area contributed by atoms with Crippen molar-refractivity contribution in [1.29, 1.82) is 0 Å². The predicted octanol–water partition coefficient (Wildman–Crippen LogP) is 7.25. The number of hydrogen-bond acceptors (Lipinski definition) is 2. The topological polar surface area (TPSA) is 18.5 Å². The summed E-state index contributed by atoms with van der Waals surface area (Å²) >= 11 is 0. The van der Waals surface area contributed by atoms with Crippen LogP contribution in [0.2, 0.25) is 0 Å². The van der Waals surface area contributed by atoms with Crippen molar-refractivity contribution in [3.05, 3.63) is 144 Å². The van der Waals surface area contributed by atoms with E-state index >= 15 is 0 Å². The Labute approximate surface area is 292 Å². The number of benzene rings is 4. The summed E-state index contributed by atoms with van der Waals surface area (Å²) in [6.07, 6.45) is 21.7. The average Bonchev–Trinajstić information content (AvgIpc) is 3.88. The monoisotopic (exact) mass is 704 g/mol. The van der Waals surface area contributed by atoms with Crippen LogP contribution in [-0.4, -0.2) is 29.4 Å². The van der Waals surface area contributed by atoms with Crippen molar-refractivity contribution in [1.82, 2.24) is 0 Å². The van der Waals surface area contributed by atoms with Crippen LogP contribution >= 0.6 is 0 Å². The van der Waals surface area contributed by atoms with Gasteiger partial charge in [-0.25, -0.2) is 0 Å². The van der Waals surface area contributed by atoms with Crippen molar-refractivity contribution in [2.24, 2.45) is 0 Å². The molecule has 7 rings (SSSR count). The molecular formula is C40H46O2Si2Zr+2. The molecule has 3 aliphatic rings. The van der Waals surface area contributed by atoms with Gasteiger partial charge in [0, 0.05) is 29.4 Å². The van der Waals surface area contributed by atoms with Crippen molar-refractivity contribution in [3.8, 4) is 0 Å². The van der Waals surface area contributed by atoms with Gasteiger partial charge in [-0.15, -0.1) is 0 Å². The third-order valence-corrected chi connectivity index (χ3v) is 26.0. The van der Waals surface area contributed by atoms with Gasteiger partial charge >= 0.3 is 26.2 Å². The van der Waals surface area contributed by atoms with Gasteiger partial charge in [-0.1, -0.05) is 206 Å². The first-order valence-electron chi connectivity index (χ1n) is 16.4. The largest absolute Gasteiger partial charge is 4.00 e. The van der Waals surface area contributed by atoms with Gasteiger partial charge in [-0.05, 0) is 0 Å². The number of allylic oxidation sites excluding steroid dienone is 2. The van der Waals surface area contributed by atoms with Gasteiger partial charge in [0.1, 0.15) is 0 Å². The van der Waals surface area contributed by atoms with Crippen LogP contribution < -0.4 is 20.7 Å². The molecule has 2 aliphatic carbocycles. The van der Waals surface area contributed by atoms with E-state index in [0.717, 1.165) is 10.4 Å². The van der Waals surface area contributed by atoms with E-state index < -0.39 is 15.2 Å². The third-order valence-electron chi connectivity index (χ3n) is 9.30. The maximum absolute atomic E-state index is 5.64. The van der Waals surface area contributed by atoms with Gasteiger partial charge < -0.3 is 19.9 Å². The smallest absolute Gasteiger partial charge is 0.615 e. The van der Waals surface area contributed by atoms with E-state index in [4.69, 9.17) is 9.47 Å². The first-order valence-corrected chi connectivity index (χ1v) is 21.4. The zero-order valence-corrected chi connectivity index (χ0v) is 31.4. The normalized spacial score (nSPS) is 19.2. The van der Waals surface area contributed by atoms with E-state index in [2.05, 4.69) is 134 Å². The van der Waals surface area contributed by atoms with Gasteiger partial charge in [0.15, 0.2) is 0 Å². The molecule has 4 aromatic rings. The Morgan fingerprint density at radius 1 is 0.378 bits per heavy atom. The fraction of sp³-hybridized carbons (Fsp3) is 0.300. The molecule has 4 aromatic carbocycles. The number of rotatable bonds is 6. The summed E-state index contributed by atoms with van der Waals surface area (Å²) in [5.74, 6) is 0. The van der Waals surface area contributed by atoms with Crippen LogP contribution in [0.1, 0.15) is 64.2 Å². The molecule has 1 saturated heterocycles. The molecule has 2 saturated carbocycles. The summed E-state index contributed by atoms with van der Waals surface area (Å²) in [6, 6.07) is 43.8. The Kier molecular flexibility index (Phi) is 13.9. The molecule has 0 radical (unpaired) electrons. The van der Waals surface area contributed by atoms with Crippen molar-refractivity contribution < 1.29 is 35.7 Å². The van der Waals surface area contributed by atoms with E-state index in [1.54, 1.807) is 14.2 Å². The summed E-state index contributed by atoms with van der Waals surface area (Å²) < 4.78 is 11.3. The molecule has 0 bridgehead atoms. The molecule has 0 amide bonds. The summed E-state index contributed by atoms with van der Waals surface area (Å²) in [5.41, 5.74) is 0. The SMILES string of the molecule is C1CCCC1.C1CCCC1.CO[C-]=C1C(=[C-]OC)[Si](c2ccccc2)(c2ccccc2)[Si]1(c1ccccc1)c1ccccc1.[Zr+4]. The molecule has 0 spiro atoms. The maximum atomic E-state index is 5.64. The molecule has 0 unspecified atom stereocenters. The second-order valence-corrected chi connectivity index (χ2v) is 22.7. The molecule has 0 aromatic heterocycles. The van der Waals surface area contributed by atoms with E-state index in [0.29, 0.717) is 0 Å². The number of hydrogen-bond donors (Lipinski definition) is 0. The van der Waals surface area contributed by atoms with Crippen LogP contribution in [0.4, 0.5) is 0 Å². The fourth-order valence-electron chi connectivity index (χ4n) is 7.44. The zero-order chi connectivity index (χ0) is 30.5. The summed E-state index contributed by atoms with van der Waals surface area (Å²) in [6.45, 7) is 0. The average molecular weight is 706 g/mol. The molecule has 1 aliphatic heterocycles. The Morgan fingerprint density at radius 2 is 0.578 bits per heavy atom. The molecular weight excluding hydrogens is 660 g/mol. The first-order chi connectivity index (χ1) is 21.8. The van der Waals surface area contributed by atoms with Gasteiger partial charge in [-0.3, -0.25) is 0 Å². The van der Waals surface area contributed by atoms with Crippen molar-refractivity contribution in [3.63, 3.8) is 0 Å². The first kappa shape index (κ1) is 35.1. The quantitative estimate of drug-likeness (QED) is 0.120. The van der Waals surface area contributed by atoms with Crippen LogP contribution in [0, 0.1) is 12.5 Å². The standard InChI is InChI=1S/C30H26O2Si2.2C5H10.Zr/c1-31-23-29-30(24-32-2)34(27-19-11-5-12-20-27,28-21-13-6-14-22-28)33(29,25-15-7-3-8-16-25)26-17-9-4-10-18-26;2*1-2-4-5-3-1;/h3-22H,1-2H3;2*1-5H2;/q-2;;;+4. The molecule has 228 valence electrons. The Morgan fingerprint density at radius 3 is 0.756 bits per heavy atom. The van der Waals surface area contributed by atoms with Crippen LogP contribution in [0.5, 0.6) is 0 Å². The maximum Gasteiger partial charge on any atom is 4.00 e. The fourth-order valence-corrected chi connectivity index (χ4v) is 26.6. The molecule has 45 heavy (non-hydrogen) atoms. The number of ether oxygens (including phenoxy) is 2. The summed E-state index contributed by atoms with van der Waals surface area (Å²) in [5, 5.41) is 7.61. The van der Waals surface area contributed by atoms with Crippen LogP contribution in [-0.2, 0) is 35.7 Å².